The molecule has 0 bridgehead atoms. The fourth-order valence-electron chi connectivity index (χ4n) is 1.13. The van der Waals surface area contributed by atoms with Gasteiger partial charge in [0.1, 0.15) is 0 Å². The molecule has 2 aromatic heterocycles. The van der Waals surface area contributed by atoms with Crippen LogP contribution in [0.1, 0.15) is 12.2 Å². The smallest absolute Gasteiger partial charge is 0.303 e. The van der Waals surface area contributed by atoms with E-state index in [0.717, 1.165) is 0 Å². The number of carboxylic acid groups (broad SMARTS) is 1. The minimum absolute atomic E-state index is 0.00604. The highest BCUT2D eigenvalue weighted by Crippen LogP contribution is 2.00. The van der Waals surface area contributed by atoms with Gasteiger partial charge in [-0.3, -0.25) is 4.79 Å². The highest BCUT2D eigenvalue weighted by molar-refractivity contribution is 5.66. The Morgan fingerprint density at radius 2 is 2.31 bits per heavy atom. The van der Waals surface area contributed by atoms with Crippen molar-refractivity contribution < 1.29 is 9.90 Å². The first kappa shape index (κ1) is 10.2. The number of hydrogen-bond donors (Lipinski definition) is 1. The molecular weight excluding hydrogens is 210 g/mol. The monoisotopic (exact) mass is 219 g/mol. The van der Waals surface area contributed by atoms with Gasteiger partial charge >= 0.3 is 5.97 Å². The van der Waals surface area contributed by atoms with Crippen molar-refractivity contribution in [2.24, 2.45) is 0 Å². The van der Waals surface area contributed by atoms with Gasteiger partial charge in [-0.1, -0.05) is 6.07 Å². The molecule has 2 heterocycles. The molecule has 7 nitrogen and oxygen atoms in total. The summed E-state index contributed by atoms with van der Waals surface area (Å²) >= 11 is 0. The highest BCUT2D eigenvalue weighted by atomic mass is 16.4. The number of tetrazole rings is 1. The van der Waals surface area contributed by atoms with Crippen molar-refractivity contribution in [3.8, 4) is 5.82 Å². The van der Waals surface area contributed by atoms with E-state index in [2.05, 4.69) is 20.4 Å². The van der Waals surface area contributed by atoms with Crippen LogP contribution in [0.15, 0.2) is 24.4 Å². The minimum atomic E-state index is -0.880. The van der Waals surface area contributed by atoms with Gasteiger partial charge in [0.15, 0.2) is 11.6 Å². The molecule has 1 N–H and O–H groups in total. The number of rotatable bonds is 4. The van der Waals surface area contributed by atoms with Gasteiger partial charge in [0.2, 0.25) is 0 Å². The second-order valence-electron chi connectivity index (χ2n) is 3.08. The lowest BCUT2D eigenvalue weighted by Crippen LogP contribution is -2.02. The molecule has 2 rings (SSSR count). The van der Waals surface area contributed by atoms with Crippen LogP contribution in [-0.4, -0.2) is 36.3 Å². The van der Waals surface area contributed by atoms with Crippen molar-refractivity contribution >= 4 is 5.97 Å². The van der Waals surface area contributed by atoms with E-state index in [1.165, 1.54) is 4.80 Å². The van der Waals surface area contributed by atoms with Gasteiger partial charge in [0, 0.05) is 12.6 Å². The Labute approximate surface area is 90.7 Å². The number of aryl methyl sites for hydroxylation is 1. The second-order valence-corrected chi connectivity index (χ2v) is 3.08. The fourth-order valence-corrected chi connectivity index (χ4v) is 1.13. The first-order valence-electron chi connectivity index (χ1n) is 4.68. The Balaban J connectivity index is 2.11. The third-order valence-electron chi connectivity index (χ3n) is 1.87. The van der Waals surface area contributed by atoms with Crippen molar-refractivity contribution in [1.29, 1.82) is 0 Å². The molecule has 2 aromatic rings. The van der Waals surface area contributed by atoms with E-state index in [1.807, 2.05) is 6.07 Å². The van der Waals surface area contributed by atoms with Crippen LogP contribution in [0.5, 0.6) is 0 Å². The molecule has 0 aromatic carbocycles. The van der Waals surface area contributed by atoms with Crippen LogP contribution in [-0.2, 0) is 11.2 Å². The van der Waals surface area contributed by atoms with Gasteiger partial charge in [-0.2, -0.15) is 0 Å². The van der Waals surface area contributed by atoms with Crippen molar-refractivity contribution in [3.05, 3.63) is 30.2 Å². The van der Waals surface area contributed by atoms with Crippen LogP contribution < -0.4 is 0 Å². The molecule has 0 aliphatic carbocycles. The number of carboxylic acids is 1. The predicted octanol–water partition coefficient (Wildman–Crippen LogP) is 0.0745. The summed E-state index contributed by atoms with van der Waals surface area (Å²) in [7, 11) is 0. The zero-order chi connectivity index (χ0) is 11.4. The van der Waals surface area contributed by atoms with Crippen molar-refractivity contribution in [2.45, 2.75) is 12.8 Å². The molecule has 0 radical (unpaired) electrons. The van der Waals surface area contributed by atoms with Gasteiger partial charge in [-0.05, 0) is 17.3 Å². The van der Waals surface area contributed by atoms with E-state index in [4.69, 9.17) is 5.11 Å². The predicted molar refractivity (Wildman–Crippen MR) is 52.9 cm³/mol. The van der Waals surface area contributed by atoms with Crippen LogP contribution in [0.3, 0.4) is 0 Å². The number of pyridine rings is 1. The molecule has 0 aliphatic heterocycles. The number of nitrogens with zero attached hydrogens (tertiary/aromatic N) is 5. The third kappa shape index (κ3) is 2.38. The third-order valence-corrected chi connectivity index (χ3v) is 1.87. The van der Waals surface area contributed by atoms with Gasteiger partial charge < -0.3 is 5.11 Å². The van der Waals surface area contributed by atoms with Gasteiger partial charge in [0.25, 0.3) is 0 Å². The molecule has 7 heteroatoms. The standard InChI is InChI=1S/C9H9N5O2/c15-9(16)5-4-7-11-13-14(12-7)8-3-1-2-6-10-8/h1-3,6H,4-5H2,(H,15,16). The van der Waals surface area contributed by atoms with Crippen molar-refractivity contribution in [3.63, 3.8) is 0 Å². The largest absolute Gasteiger partial charge is 0.481 e. The van der Waals surface area contributed by atoms with Gasteiger partial charge in [-0.15, -0.1) is 15.0 Å². The number of aliphatic carboxylic acids is 1. The molecule has 0 unspecified atom stereocenters. The maximum atomic E-state index is 10.4. The average molecular weight is 219 g/mol. The van der Waals surface area contributed by atoms with E-state index in [9.17, 15) is 4.79 Å². The quantitative estimate of drug-likeness (QED) is 0.782. The topological polar surface area (TPSA) is 93.8 Å². The lowest BCUT2D eigenvalue weighted by Gasteiger charge is -1.94. The number of hydrogen-bond acceptors (Lipinski definition) is 5. The van der Waals surface area contributed by atoms with E-state index in [0.29, 0.717) is 11.6 Å². The Morgan fingerprint density at radius 1 is 1.44 bits per heavy atom. The summed E-state index contributed by atoms with van der Waals surface area (Å²) in [6.07, 6.45) is 1.88. The van der Waals surface area contributed by atoms with Crippen LogP contribution in [0, 0.1) is 0 Å². The summed E-state index contributed by atoms with van der Waals surface area (Å²) < 4.78 is 0. The van der Waals surface area contributed by atoms with Gasteiger partial charge in [0.05, 0.1) is 6.42 Å². The van der Waals surface area contributed by atoms with E-state index >= 15 is 0 Å². The summed E-state index contributed by atoms with van der Waals surface area (Å²) in [5.41, 5.74) is 0. The summed E-state index contributed by atoms with van der Waals surface area (Å²) in [6, 6.07) is 5.33. The average Bonchev–Trinajstić information content (AvgIpc) is 2.76. The van der Waals surface area contributed by atoms with Crippen LogP contribution >= 0.6 is 0 Å². The van der Waals surface area contributed by atoms with E-state index < -0.39 is 5.97 Å². The maximum Gasteiger partial charge on any atom is 0.303 e. The van der Waals surface area contributed by atoms with E-state index in [1.54, 1.807) is 18.3 Å². The highest BCUT2D eigenvalue weighted by Gasteiger charge is 2.06. The van der Waals surface area contributed by atoms with E-state index in [-0.39, 0.29) is 12.8 Å². The molecule has 0 atom stereocenters. The Kier molecular flexibility index (Phi) is 2.86. The Hall–Kier alpha value is -2.31. The Bertz CT molecular complexity index is 482. The molecule has 0 aliphatic rings. The van der Waals surface area contributed by atoms with Crippen molar-refractivity contribution in [1.82, 2.24) is 25.2 Å². The maximum absolute atomic E-state index is 10.4. The molecule has 16 heavy (non-hydrogen) atoms. The molecular formula is C9H9N5O2. The fraction of sp³-hybridized carbons (Fsp3) is 0.222. The minimum Gasteiger partial charge on any atom is -0.481 e. The normalized spacial score (nSPS) is 10.2. The summed E-state index contributed by atoms with van der Waals surface area (Å²) in [4.78, 5) is 15.7. The zero-order valence-corrected chi connectivity index (χ0v) is 8.32. The first-order chi connectivity index (χ1) is 7.75. The molecule has 0 saturated heterocycles. The van der Waals surface area contributed by atoms with Crippen LogP contribution in [0.25, 0.3) is 5.82 Å². The second kappa shape index (κ2) is 4.47. The SMILES string of the molecule is O=C(O)CCc1nnn(-c2ccccn2)n1. The van der Waals surface area contributed by atoms with Crippen molar-refractivity contribution in [2.75, 3.05) is 0 Å². The molecule has 0 saturated carbocycles. The molecule has 0 amide bonds. The Morgan fingerprint density at radius 3 is 3.00 bits per heavy atom. The van der Waals surface area contributed by atoms with Crippen LogP contribution in [0.4, 0.5) is 0 Å². The molecule has 0 fully saturated rings. The lowest BCUT2D eigenvalue weighted by molar-refractivity contribution is -0.137. The lowest BCUT2D eigenvalue weighted by atomic mass is 10.3. The number of aromatic nitrogens is 5. The summed E-state index contributed by atoms with van der Waals surface area (Å²) in [6.45, 7) is 0. The molecule has 0 spiro atoms. The first-order valence-corrected chi connectivity index (χ1v) is 4.68. The molecule has 82 valence electrons. The van der Waals surface area contributed by atoms with Gasteiger partial charge in [-0.25, -0.2) is 4.98 Å². The zero-order valence-electron chi connectivity index (χ0n) is 8.32. The summed E-state index contributed by atoms with van der Waals surface area (Å²) in [5, 5.41) is 20.1. The summed E-state index contributed by atoms with van der Waals surface area (Å²) in [5.74, 6) is 0.0683. The number of carbonyl (C=O) groups is 1. The van der Waals surface area contributed by atoms with Crippen LogP contribution in [0.2, 0.25) is 0 Å².